The Hall–Kier alpha value is -3.48. The van der Waals surface area contributed by atoms with Crippen molar-refractivity contribution in [1.29, 1.82) is 0 Å². The molecule has 0 aliphatic carbocycles. The van der Waals surface area contributed by atoms with Crippen LogP contribution in [0.1, 0.15) is 16.1 Å². The topological polar surface area (TPSA) is 78.4 Å². The number of para-hydroxylation sites is 1. The molecule has 3 aromatic carbocycles. The number of nitrogens with one attached hydrogen (secondary N) is 1. The molecular weight excluding hydrogens is 449 g/mol. The van der Waals surface area contributed by atoms with Crippen LogP contribution in [0.25, 0.3) is 11.3 Å². The van der Waals surface area contributed by atoms with Crippen molar-refractivity contribution in [3.63, 3.8) is 0 Å². The molecule has 0 radical (unpaired) electrons. The van der Waals surface area contributed by atoms with Crippen LogP contribution >= 0.6 is 23.2 Å². The van der Waals surface area contributed by atoms with Gasteiger partial charge >= 0.3 is 0 Å². The molecule has 0 saturated heterocycles. The van der Waals surface area contributed by atoms with E-state index in [1.807, 2.05) is 54.6 Å². The third-order valence-corrected chi connectivity index (χ3v) is 5.37. The Balaban J connectivity index is 1.42. The summed E-state index contributed by atoms with van der Waals surface area (Å²) in [7, 11) is 1.71. The first-order valence-corrected chi connectivity index (χ1v) is 10.5. The minimum absolute atomic E-state index is 0.111. The van der Waals surface area contributed by atoms with Crippen molar-refractivity contribution < 1.29 is 14.6 Å². The number of amides is 1. The minimum atomic E-state index is -0.218. The monoisotopic (exact) mass is 467 g/mol. The molecule has 1 aromatic heterocycles. The first-order valence-electron chi connectivity index (χ1n) is 9.72. The molecule has 0 aliphatic heterocycles. The van der Waals surface area contributed by atoms with Gasteiger partial charge in [-0.05, 0) is 48.0 Å². The van der Waals surface area contributed by atoms with Gasteiger partial charge in [0.1, 0.15) is 17.2 Å². The van der Waals surface area contributed by atoms with E-state index < -0.39 is 0 Å². The fourth-order valence-corrected chi connectivity index (χ4v) is 3.62. The number of rotatable bonds is 6. The van der Waals surface area contributed by atoms with E-state index in [2.05, 4.69) is 10.2 Å². The Morgan fingerprint density at radius 2 is 1.62 bits per heavy atom. The highest BCUT2D eigenvalue weighted by Crippen LogP contribution is 2.36. The second-order valence-corrected chi connectivity index (χ2v) is 7.99. The molecule has 1 amide bonds. The van der Waals surface area contributed by atoms with E-state index in [0.29, 0.717) is 23.5 Å². The Morgan fingerprint density at radius 3 is 2.28 bits per heavy atom. The molecule has 4 rings (SSSR count). The number of phenolic OH excluding ortho intramolecular Hbond substituents is 1. The normalized spacial score (nSPS) is 10.7. The van der Waals surface area contributed by atoms with Crippen molar-refractivity contribution in [3.05, 3.63) is 94.1 Å². The predicted octanol–water partition coefficient (Wildman–Crippen LogP) is 6.15. The number of carbonyl (C=O) groups excluding carboxylic acids is 1. The lowest BCUT2D eigenvalue weighted by Gasteiger charge is -2.16. The molecule has 0 unspecified atom stereocenters. The summed E-state index contributed by atoms with van der Waals surface area (Å²) in [6.07, 6.45) is 0. The van der Waals surface area contributed by atoms with Crippen molar-refractivity contribution in [2.75, 3.05) is 7.05 Å². The van der Waals surface area contributed by atoms with Crippen molar-refractivity contribution in [1.82, 2.24) is 15.1 Å². The second kappa shape index (κ2) is 9.34. The molecule has 2 N–H and O–H groups in total. The van der Waals surface area contributed by atoms with Crippen LogP contribution in [0.3, 0.4) is 0 Å². The fourth-order valence-electron chi connectivity index (χ4n) is 3.13. The minimum Gasteiger partial charge on any atom is -0.505 e. The molecule has 0 spiro atoms. The van der Waals surface area contributed by atoms with Crippen LogP contribution in [-0.4, -0.2) is 33.2 Å². The summed E-state index contributed by atoms with van der Waals surface area (Å²) >= 11 is 12.0. The van der Waals surface area contributed by atoms with Crippen molar-refractivity contribution in [2.24, 2.45) is 0 Å². The predicted molar refractivity (Wildman–Crippen MR) is 124 cm³/mol. The van der Waals surface area contributed by atoms with Crippen molar-refractivity contribution in [2.45, 2.75) is 6.54 Å². The average Bonchev–Trinajstić information content (AvgIpc) is 3.29. The summed E-state index contributed by atoms with van der Waals surface area (Å²) in [5.74, 6) is 1.07. The third kappa shape index (κ3) is 4.88. The zero-order valence-corrected chi connectivity index (χ0v) is 18.6. The largest absolute Gasteiger partial charge is 0.505 e. The van der Waals surface area contributed by atoms with Gasteiger partial charge < -0.3 is 14.7 Å². The molecule has 0 atom stereocenters. The number of aromatic amines is 1. The maximum atomic E-state index is 12.8. The Labute approximate surface area is 195 Å². The van der Waals surface area contributed by atoms with Crippen LogP contribution in [-0.2, 0) is 6.54 Å². The molecule has 8 heteroatoms. The zero-order valence-electron chi connectivity index (χ0n) is 17.0. The summed E-state index contributed by atoms with van der Waals surface area (Å²) in [5, 5.41) is 16.9. The molecule has 1 heterocycles. The molecule has 162 valence electrons. The van der Waals surface area contributed by atoms with Gasteiger partial charge in [0.2, 0.25) is 0 Å². The van der Waals surface area contributed by atoms with Gasteiger partial charge in [0.15, 0.2) is 5.75 Å². The zero-order chi connectivity index (χ0) is 22.7. The maximum Gasteiger partial charge on any atom is 0.271 e. The van der Waals surface area contributed by atoms with Gasteiger partial charge in [-0.15, -0.1) is 0 Å². The number of aromatic hydroxyl groups is 1. The molecule has 0 bridgehead atoms. The number of hydrogen-bond acceptors (Lipinski definition) is 4. The van der Waals surface area contributed by atoms with Crippen LogP contribution in [0.2, 0.25) is 10.0 Å². The van der Waals surface area contributed by atoms with E-state index >= 15 is 0 Å². The van der Waals surface area contributed by atoms with Crippen molar-refractivity contribution in [3.8, 4) is 28.5 Å². The van der Waals surface area contributed by atoms with Crippen LogP contribution in [0.5, 0.6) is 17.2 Å². The van der Waals surface area contributed by atoms with Gasteiger partial charge in [0.05, 0.1) is 15.7 Å². The number of nitrogens with zero attached hydrogens (tertiary/aromatic N) is 2. The fraction of sp³-hybridized carbons (Fsp3) is 0.0833. The van der Waals surface area contributed by atoms with Crippen LogP contribution < -0.4 is 4.74 Å². The van der Waals surface area contributed by atoms with Crippen molar-refractivity contribution >= 4 is 29.1 Å². The highest BCUT2D eigenvalue weighted by Gasteiger charge is 2.17. The number of carbonyl (C=O) groups is 1. The van der Waals surface area contributed by atoms with Crippen LogP contribution in [0, 0.1) is 0 Å². The molecule has 4 aromatic rings. The quantitative estimate of drug-likeness (QED) is 0.356. The lowest BCUT2D eigenvalue weighted by molar-refractivity contribution is 0.0779. The van der Waals surface area contributed by atoms with E-state index in [1.165, 1.54) is 12.1 Å². The summed E-state index contributed by atoms with van der Waals surface area (Å²) in [6.45, 7) is 0.412. The average molecular weight is 468 g/mol. The van der Waals surface area contributed by atoms with Gasteiger partial charge in [-0.2, -0.15) is 5.10 Å². The molecule has 0 fully saturated rings. The summed E-state index contributed by atoms with van der Waals surface area (Å²) in [6, 6.07) is 21.8. The molecular formula is C24H19Cl2N3O3. The molecule has 32 heavy (non-hydrogen) atoms. The van der Waals surface area contributed by atoms with E-state index in [-0.39, 0.29) is 21.7 Å². The SMILES string of the molecule is CN(Cc1ccc(Oc2ccccc2)cc1)C(=O)c1cc(-c2cc(Cl)c(O)c(Cl)c2)n[nH]1. The Morgan fingerprint density at radius 1 is 1.00 bits per heavy atom. The first-order chi connectivity index (χ1) is 15.4. The van der Waals surface area contributed by atoms with Gasteiger partial charge in [-0.1, -0.05) is 53.5 Å². The number of hydrogen-bond donors (Lipinski definition) is 2. The van der Waals surface area contributed by atoms with Gasteiger partial charge in [-0.25, -0.2) is 0 Å². The lowest BCUT2D eigenvalue weighted by atomic mass is 10.1. The third-order valence-electron chi connectivity index (χ3n) is 4.79. The lowest BCUT2D eigenvalue weighted by Crippen LogP contribution is -2.26. The second-order valence-electron chi connectivity index (χ2n) is 7.18. The first kappa shape index (κ1) is 21.7. The maximum absolute atomic E-state index is 12.8. The van der Waals surface area contributed by atoms with E-state index in [0.717, 1.165) is 17.1 Å². The van der Waals surface area contributed by atoms with Crippen LogP contribution in [0.4, 0.5) is 0 Å². The number of aromatic nitrogens is 2. The summed E-state index contributed by atoms with van der Waals surface area (Å²) in [5.41, 5.74) is 2.36. The summed E-state index contributed by atoms with van der Waals surface area (Å²) in [4.78, 5) is 14.4. The van der Waals surface area contributed by atoms with Crippen LogP contribution in [0.15, 0.2) is 72.8 Å². The number of halogens is 2. The Bertz CT molecular complexity index is 1220. The summed E-state index contributed by atoms with van der Waals surface area (Å²) < 4.78 is 5.80. The number of H-pyrrole nitrogens is 1. The highest BCUT2D eigenvalue weighted by molar-refractivity contribution is 6.37. The highest BCUT2D eigenvalue weighted by atomic mass is 35.5. The van der Waals surface area contributed by atoms with Gasteiger partial charge in [0.25, 0.3) is 5.91 Å². The van der Waals surface area contributed by atoms with E-state index in [4.69, 9.17) is 27.9 Å². The van der Waals surface area contributed by atoms with E-state index in [1.54, 1.807) is 18.0 Å². The smallest absolute Gasteiger partial charge is 0.271 e. The van der Waals surface area contributed by atoms with E-state index in [9.17, 15) is 9.90 Å². The van der Waals surface area contributed by atoms with Gasteiger partial charge in [0, 0.05) is 19.2 Å². The van der Waals surface area contributed by atoms with Gasteiger partial charge in [-0.3, -0.25) is 9.89 Å². The standard InChI is InChI=1S/C24H19Cl2N3O3/c1-29(14-15-7-9-18(10-8-15)32-17-5-3-2-4-6-17)24(31)22-13-21(27-28-22)16-11-19(25)23(30)20(26)12-16/h2-13,30H,14H2,1H3,(H,27,28). The number of ether oxygens (including phenoxy) is 1. The molecule has 0 saturated carbocycles. The number of phenols is 1. The Kier molecular flexibility index (Phi) is 6.35. The molecule has 6 nitrogen and oxygen atoms in total. The molecule has 0 aliphatic rings. The number of benzene rings is 3.